The second-order valence-corrected chi connectivity index (χ2v) is 6.94. The van der Waals surface area contributed by atoms with Gasteiger partial charge in [-0.25, -0.2) is 0 Å². The molecule has 0 N–H and O–H groups in total. The molecule has 110 valence electrons. The van der Waals surface area contributed by atoms with E-state index in [9.17, 15) is 10.1 Å². The SMILES string of the molecule is CCC1(C)C(Br)CC1Oc1cc(C)c([N+](=O)[O-])cc1C. The predicted molar refractivity (Wildman–Crippen MR) is 82.7 cm³/mol. The average Bonchev–Trinajstić information content (AvgIpc) is 2.40. The Labute approximate surface area is 127 Å². The summed E-state index contributed by atoms with van der Waals surface area (Å²) in [6.45, 7) is 7.98. The van der Waals surface area contributed by atoms with E-state index in [-0.39, 0.29) is 22.1 Å². The van der Waals surface area contributed by atoms with Gasteiger partial charge >= 0.3 is 0 Å². The first kappa shape index (κ1) is 15.3. The molecule has 0 aliphatic heterocycles. The number of nitrogens with zero attached hydrogens (tertiary/aromatic N) is 1. The lowest BCUT2D eigenvalue weighted by Gasteiger charge is -2.50. The lowest BCUT2D eigenvalue weighted by Crippen LogP contribution is -2.54. The van der Waals surface area contributed by atoms with Gasteiger partial charge in [0.1, 0.15) is 11.9 Å². The minimum atomic E-state index is -0.347. The highest BCUT2D eigenvalue weighted by atomic mass is 79.9. The molecule has 4 nitrogen and oxygen atoms in total. The number of ether oxygens (including phenoxy) is 1. The number of halogens is 1. The molecule has 1 fully saturated rings. The molecule has 0 spiro atoms. The Morgan fingerprint density at radius 1 is 1.45 bits per heavy atom. The van der Waals surface area contributed by atoms with Crippen LogP contribution in [0.2, 0.25) is 0 Å². The minimum Gasteiger partial charge on any atom is -0.489 e. The van der Waals surface area contributed by atoms with Crippen LogP contribution in [0.15, 0.2) is 12.1 Å². The lowest BCUT2D eigenvalue weighted by atomic mass is 9.65. The van der Waals surface area contributed by atoms with E-state index >= 15 is 0 Å². The van der Waals surface area contributed by atoms with Crippen LogP contribution in [-0.2, 0) is 0 Å². The number of hydrogen-bond donors (Lipinski definition) is 0. The smallest absolute Gasteiger partial charge is 0.272 e. The summed E-state index contributed by atoms with van der Waals surface area (Å²) in [5.41, 5.74) is 1.74. The Morgan fingerprint density at radius 2 is 2.10 bits per heavy atom. The summed E-state index contributed by atoms with van der Waals surface area (Å²) in [5.74, 6) is 0.761. The summed E-state index contributed by atoms with van der Waals surface area (Å²) in [6, 6.07) is 3.38. The topological polar surface area (TPSA) is 52.4 Å². The van der Waals surface area contributed by atoms with Gasteiger partial charge in [-0.2, -0.15) is 0 Å². The zero-order chi connectivity index (χ0) is 15.1. The molecule has 5 heteroatoms. The van der Waals surface area contributed by atoms with Crippen LogP contribution in [0.3, 0.4) is 0 Å². The van der Waals surface area contributed by atoms with E-state index in [1.54, 1.807) is 19.1 Å². The van der Waals surface area contributed by atoms with Crippen LogP contribution >= 0.6 is 15.9 Å². The van der Waals surface area contributed by atoms with Gasteiger partial charge in [0.15, 0.2) is 0 Å². The number of nitro groups is 1. The molecule has 0 saturated heterocycles. The molecule has 0 aromatic heterocycles. The van der Waals surface area contributed by atoms with Crippen molar-refractivity contribution in [3.8, 4) is 5.75 Å². The monoisotopic (exact) mass is 341 g/mol. The quantitative estimate of drug-likeness (QED) is 0.458. The second-order valence-electron chi connectivity index (χ2n) is 5.83. The van der Waals surface area contributed by atoms with Crippen molar-refractivity contribution in [1.82, 2.24) is 0 Å². The highest BCUT2D eigenvalue weighted by Crippen LogP contribution is 2.50. The fourth-order valence-electron chi connectivity index (χ4n) is 2.65. The fourth-order valence-corrected chi connectivity index (χ4v) is 3.61. The van der Waals surface area contributed by atoms with Crippen LogP contribution in [0, 0.1) is 29.4 Å². The molecule has 1 aliphatic carbocycles. The van der Waals surface area contributed by atoms with Crippen molar-refractivity contribution in [3.63, 3.8) is 0 Å². The summed E-state index contributed by atoms with van der Waals surface area (Å²) in [6.07, 6.45) is 2.18. The third-order valence-corrected chi connectivity index (χ3v) is 6.01. The van der Waals surface area contributed by atoms with Crippen LogP contribution in [0.1, 0.15) is 37.8 Å². The Bertz CT molecular complexity index is 546. The third kappa shape index (κ3) is 2.43. The molecule has 0 bridgehead atoms. The first-order valence-corrected chi connectivity index (χ1v) is 7.77. The van der Waals surface area contributed by atoms with E-state index in [4.69, 9.17) is 4.74 Å². The van der Waals surface area contributed by atoms with E-state index < -0.39 is 0 Å². The van der Waals surface area contributed by atoms with Gasteiger partial charge in [-0.1, -0.05) is 29.8 Å². The summed E-state index contributed by atoms with van der Waals surface area (Å²) in [5, 5.41) is 10.9. The fraction of sp³-hybridized carbons (Fsp3) is 0.600. The van der Waals surface area contributed by atoms with Crippen molar-refractivity contribution in [3.05, 3.63) is 33.4 Å². The van der Waals surface area contributed by atoms with Gasteiger partial charge in [-0.15, -0.1) is 0 Å². The van der Waals surface area contributed by atoms with Gasteiger partial charge in [0.05, 0.1) is 4.92 Å². The summed E-state index contributed by atoms with van der Waals surface area (Å²) in [7, 11) is 0. The van der Waals surface area contributed by atoms with Gasteiger partial charge in [0, 0.05) is 21.9 Å². The molecule has 0 radical (unpaired) electrons. The molecule has 1 saturated carbocycles. The van der Waals surface area contributed by atoms with E-state index in [2.05, 4.69) is 29.8 Å². The maximum Gasteiger partial charge on any atom is 0.272 e. The van der Waals surface area contributed by atoms with Crippen molar-refractivity contribution < 1.29 is 9.66 Å². The van der Waals surface area contributed by atoms with Crippen molar-refractivity contribution in [1.29, 1.82) is 0 Å². The van der Waals surface area contributed by atoms with Crippen LogP contribution in [-0.4, -0.2) is 15.9 Å². The van der Waals surface area contributed by atoms with E-state index in [0.717, 1.165) is 24.2 Å². The van der Waals surface area contributed by atoms with Crippen molar-refractivity contribution in [2.45, 2.75) is 51.5 Å². The Kier molecular flexibility index (Phi) is 4.09. The maximum absolute atomic E-state index is 10.9. The van der Waals surface area contributed by atoms with Crippen LogP contribution in [0.25, 0.3) is 0 Å². The Balaban J connectivity index is 2.23. The molecule has 1 aromatic rings. The Morgan fingerprint density at radius 3 is 2.60 bits per heavy atom. The average molecular weight is 342 g/mol. The zero-order valence-corrected chi connectivity index (χ0v) is 13.9. The molecular formula is C15H20BrNO3. The van der Waals surface area contributed by atoms with Crippen molar-refractivity contribution >= 4 is 21.6 Å². The van der Waals surface area contributed by atoms with E-state index in [0.29, 0.717) is 10.4 Å². The summed E-state index contributed by atoms with van der Waals surface area (Å²) < 4.78 is 6.12. The highest BCUT2D eigenvalue weighted by molar-refractivity contribution is 9.09. The first-order valence-electron chi connectivity index (χ1n) is 6.86. The van der Waals surface area contributed by atoms with Gasteiger partial charge in [-0.05, 0) is 38.3 Å². The molecule has 1 aromatic carbocycles. The Hall–Kier alpha value is -1.10. The first-order chi connectivity index (χ1) is 9.29. The lowest BCUT2D eigenvalue weighted by molar-refractivity contribution is -0.385. The van der Waals surface area contributed by atoms with Crippen LogP contribution in [0.4, 0.5) is 5.69 Å². The molecular weight excluding hydrogens is 322 g/mol. The molecule has 1 aliphatic rings. The molecule has 3 atom stereocenters. The number of hydrogen-bond acceptors (Lipinski definition) is 3. The van der Waals surface area contributed by atoms with Gasteiger partial charge in [0.25, 0.3) is 5.69 Å². The van der Waals surface area contributed by atoms with Crippen LogP contribution in [0.5, 0.6) is 5.75 Å². The van der Waals surface area contributed by atoms with Gasteiger partial charge in [-0.3, -0.25) is 10.1 Å². The molecule has 0 amide bonds. The molecule has 20 heavy (non-hydrogen) atoms. The predicted octanol–water partition coefficient (Wildman–Crippen LogP) is 4.54. The number of benzene rings is 1. The molecule has 2 rings (SSSR count). The summed E-state index contributed by atoms with van der Waals surface area (Å²) in [4.78, 5) is 11.1. The summed E-state index contributed by atoms with van der Waals surface area (Å²) >= 11 is 3.69. The minimum absolute atomic E-state index is 0.127. The van der Waals surface area contributed by atoms with Gasteiger partial charge < -0.3 is 4.74 Å². The van der Waals surface area contributed by atoms with Crippen molar-refractivity contribution in [2.24, 2.45) is 5.41 Å². The molecule has 0 heterocycles. The largest absolute Gasteiger partial charge is 0.489 e. The number of nitro benzene ring substituents is 1. The van der Waals surface area contributed by atoms with Gasteiger partial charge in [0.2, 0.25) is 0 Å². The second kappa shape index (κ2) is 5.35. The van der Waals surface area contributed by atoms with Crippen LogP contribution < -0.4 is 4.74 Å². The number of rotatable bonds is 4. The van der Waals surface area contributed by atoms with Crippen molar-refractivity contribution in [2.75, 3.05) is 0 Å². The number of aryl methyl sites for hydroxylation is 2. The zero-order valence-electron chi connectivity index (χ0n) is 12.3. The third-order valence-electron chi connectivity index (χ3n) is 4.59. The van der Waals surface area contributed by atoms with E-state index in [1.807, 2.05) is 6.92 Å². The standard InChI is InChI=1S/C15H20BrNO3/c1-5-15(4)13(16)8-14(15)20-12-7-9(2)11(17(18)19)6-10(12)3/h6-7,13-14H,5,8H2,1-4H3. The highest BCUT2D eigenvalue weighted by Gasteiger charge is 2.51. The maximum atomic E-state index is 10.9. The van der Waals surface area contributed by atoms with E-state index in [1.165, 1.54) is 0 Å². The molecule has 3 unspecified atom stereocenters. The number of alkyl halides is 1. The normalized spacial score (nSPS) is 28.9.